The van der Waals surface area contributed by atoms with E-state index in [9.17, 15) is 13.2 Å². The number of H-pyrrole nitrogens is 1. The van der Waals surface area contributed by atoms with Gasteiger partial charge in [0.25, 0.3) is 0 Å². The van der Waals surface area contributed by atoms with E-state index in [1.807, 2.05) is 36.4 Å². The van der Waals surface area contributed by atoms with Gasteiger partial charge in [0.1, 0.15) is 5.69 Å². The van der Waals surface area contributed by atoms with Crippen LogP contribution in [0.15, 0.2) is 30.3 Å². The summed E-state index contributed by atoms with van der Waals surface area (Å²) >= 11 is 4.88. The highest BCUT2D eigenvalue weighted by Crippen LogP contribution is 2.38. The number of nitrogens with zero attached hydrogens (tertiary/aromatic N) is 1. The van der Waals surface area contributed by atoms with Gasteiger partial charge in [-0.15, -0.1) is 0 Å². The van der Waals surface area contributed by atoms with Crippen LogP contribution >= 0.6 is 12.2 Å². The molecule has 1 aromatic heterocycles. The fourth-order valence-electron chi connectivity index (χ4n) is 2.71. The molecule has 114 valence electrons. The normalized spacial score (nSPS) is 16.6. The first kappa shape index (κ1) is 15.0. The Labute approximate surface area is 130 Å². The van der Waals surface area contributed by atoms with Crippen LogP contribution in [0, 0.1) is 4.77 Å². The number of fused-ring (bicyclic) bond motifs is 1. The molecular weight excluding hydrogens is 309 g/mol. The Balaban J connectivity index is 2.17. The Morgan fingerprint density at radius 1 is 1.14 bits per heavy atom. The third-order valence-electron chi connectivity index (χ3n) is 3.63. The maximum atomic E-state index is 13.2. The fraction of sp³-hybridized carbons (Fsp3) is 0.250. The highest BCUT2D eigenvalue weighted by molar-refractivity contribution is 7.71. The molecule has 1 N–H and O–H groups in total. The molecule has 0 amide bonds. The van der Waals surface area contributed by atoms with Gasteiger partial charge < -0.3 is 4.98 Å². The number of halogens is 3. The number of aromatic amines is 1. The maximum absolute atomic E-state index is 13.2. The summed E-state index contributed by atoms with van der Waals surface area (Å²) in [5, 5.41) is 0. The van der Waals surface area contributed by atoms with E-state index in [1.54, 1.807) is 0 Å². The van der Waals surface area contributed by atoms with Crippen LogP contribution in [0.2, 0.25) is 0 Å². The molecule has 22 heavy (non-hydrogen) atoms. The average Bonchev–Trinajstić information content (AvgIpc) is 2.47. The van der Waals surface area contributed by atoms with Crippen LogP contribution in [0.3, 0.4) is 0 Å². The Morgan fingerprint density at radius 3 is 2.55 bits per heavy atom. The highest BCUT2D eigenvalue weighted by Gasteiger charge is 2.37. The van der Waals surface area contributed by atoms with Gasteiger partial charge >= 0.3 is 6.18 Å². The topological polar surface area (TPSA) is 28.7 Å². The second kappa shape index (κ2) is 5.68. The molecule has 0 saturated heterocycles. The standard InChI is InChI=1S/C16H13F3N2S/c17-16(18,19)14-12-8-4-7-11(13(12)20-15(22)21-14)9-10-5-2-1-3-6-10/h1-3,5-6,9H,4,7-8H2,(H,20,21,22)/b11-9+. The fourth-order valence-corrected chi connectivity index (χ4v) is 2.91. The monoisotopic (exact) mass is 322 g/mol. The van der Waals surface area contributed by atoms with Gasteiger partial charge in [-0.05, 0) is 48.7 Å². The number of aromatic nitrogens is 2. The van der Waals surface area contributed by atoms with Crippen molar-refractivity contribution in [3.63, 3.8) is 0 Å². The summed E-state index contributed by atoms with van der Waals surface area (Å²) in [6.07, 6.45) is -0.836. The summed E-state index contributed by atoms with van der Waals surface area (Å²) in [5.74, 6) is 0. The second-order valence-corrected chi connectivity index (χ2v) is 5.56. The minimum absolute atomic E-state index is 0.132. The van der Waals surface area contributed by atoms with Gasteiger partial charge in [0, 0.05) is 5.56 Å². The largest absolute Gasteiger partial charge is 0.431 e. The van der Waals surface area contributed by atoms with Crippen LogP contribution in [0.5, 0.6) is 0 Å². The summed E-state index contributed by atoms with van der Waals surface area (Å²) in [5.41, 5.74) is 1.58. The summed E-state index contributed by atoms with van der Waals surface area (Å²) < 4.78 is 39.4. The number of rotatable bonds is 1. The molecule has 0 atom stereocenters. The molecule has 1 aromatic carbocycles. The summed E-state index contributed by atoms with van der Waals surface area (Å²) in [4.78, 5) is 6.37. The van der Waals surface area contributed by atoms with E-state index in [-0.39, 0.29) is 10.3 Å². The lowest BCUT2D eigenvalue weighted by atomic mass is 9.89. The zero-order valence-electron chi connectivity index (χ0n) is 11.6. The summed E-state index contributed by atoms with van der Waals surface area (Å²) in [6.45, 7) is 0. The Bertz CT molecular complexity index is 776. The van der Waals surface area contributed by atoms with Crippen molar-refractivity contribution in [1.82, 2.24) is 9.97 Å². The van der Waals surface area contributed by atoms with Gasteiger partial charge in [-0.3, -0.25) is 0 Å². The zero-order valence-corrected chi connectivity index (χ0v) is 12.4. The molecule has 2 nitrogen and oxygen atoms in total. The first-order chi connectivity index (χ1) is 10.4. The van der Waals surface area contributed by atoms with E-state index in [0.29, 0.717) is 25.0 Å². The third kappa shape index (κ3) is 2.97. The van der Waals surface area contributed by atoms with Gasteiger partial charge in [0.15, 0.2) is 4.77 Å². The number of benzene rings is 1. The number of nitrogens with one attached hydrogen (secondary N) is 1. The van der Waals surface area contributed by atoms with E-state index in [2.05, 4.69) is 9.97 Å². The van der Waals surface area contributed by atoms with Crippen LogP contribution in [-0.4, -0.2) is 9.97 Å². The van der Waals surface area contributed by atoms with E-state index < -0.39 is 11.9 Å². The lowest BCUT2D eigenvalue weighted by Gasteiger charge is -2.22. The van der Waals surface area contributed by atoms with Crippen LogP contribution < -0.4 is 0 Å². The molecule has 0 bridgehead atoms. The number of hydrogen-bond donors (Lipinski definition) is 1. The minimum Gasteiger partial charge on any atom is -0.327 e. The molecular formula is C16H13F3N2S. The van der Waals surface area contributed by atoms with Gasteiger partial charge in [0.05, 0.1) is 5.69 Å². The van der Waals surface area contributed by atoms with Crippen LogP contribution in [0.25, 0.3) is 11.6 Å². The van der Waals surface area contributed by atoms with Crippen molar-refractivity contribution in [2.45, 2.75) is 25.4 Å². The van der Waals surface area contributed by atoms with Crippen molar-refractivity contribution in [2.24, 2.45) is 0 Å². The van der Waals surface area contributed by atoms with Gasteiger partial charge in [0.2, 0.25) is 0 Å². The molecule has 2 aromatic rings. The van der Waals surface area contributed by atoms with E-state index >= 15 is 0 Å². The molecule has 3 rings (SSSR count). The van der Waals surface area contributed by atoms with Crippen molar-refractivity contribution >= 4 is 23.9 Å². The summed E-state index contributed by atoms with van der Waals surface area (Å²) in [7, 11) is 0. The van der Waals surface area contributed by atoms with Crippen LogP contribution in [0.1, 0.15) is 35.4 Å². The average molecular weight is 322 g/mol. The molecule has 1 aliphatic carbocycles. The molecule has 1 heterocycles. The Morgan fingerprint density at radius 2 is 1.86 bits per heavy atom. The highest BCUT2D eigenvalue weighted by atomic mass is 32.1. The number of allylic oxidation sites excluding steroid dienone is 1. The number of hydrogen-bond acceptors (Lipinski definition) is 2. The van der Waals surface area contributed by atoms with E-state index in [1.165, 1.54) is 0 Å². The van der Waals surface area contributed by atoms with Crippen LogP contribution in [-0.2, 0) is 12.6 Å². The van der Waals surface area contributed by atoms with E-state index in [0.717, 1.165) is 11.1 Å². The lowest BCUT2D eigenvalue weighted by molar-refractivity contribution is -0.142. The lowest BCUT2D eigenvalue weighted by Crippen LogP contribution is -2.18. The molecule has 0 aliphatic heterocycles. The molecule has 0 radical (unpaired) electrons. The number of alkyl halides is 3. The van der Waals surface area contributed by atoms with Crippen molar-refractivity contribution < 1.29 is 13.2 Å². The van der Waals surface area contributed by atoms with E-state index in [4.69, 9.17) is 12.2 Å². The SMILES string of the molecule is FC(F)(F)c1[nH]c(=S)nc2c1CCC/C2=C\c1ccccc1. The molecule has 0 fully saturated rings. The van der Waals surface area contributed by atoms with Crippen molar-refractivity contribution in [3.8, 4) is 0 Å². The second-order valence-electron chi connectivity index (χ2n) is 5.18. The summed E-state index contributed by atoms with van der Waals surface area (Å²) in [6, 6.07) is 9.50. The molecule has 6 heteroatoms. The van der Waals surface area contributed by atoms with Crippen molar-refractivity contribution in [1.29, 1.82) is 0 Å². The maximum Gasteiger partial charge on any atom is 0.431 e. The zero-order chi connectivity index (χ0) is 15.7. The predicted molar refractivity (Wildman–Crippen MR) is 81.7 cm³/mol. The smallest absolute Gasteiger partial charge is 0.327 e. The predicted octanol–water partition coefficient (Wildman–Crippen LogP) is 5.03. The Kier molecular flexibility index (Phi) is 3.87. The molecule has 1 aliphatic rings. The molecule has 0 unspecified atom stereocenters. The first-order valence-corrected chi connectivity index (χ1v) is 7.32. The third-order valence-corrected chi connectivity index (χ3v) is 3.83. The van der Waals surface area contributed by atoms with Gasteiger partial charge in [-0.1, -0.05) is 30.3 Å². The minimum atomic E-state index is -4.45. The van der Waals surface area contributed by atoms with Crippen LogP contribution in [0.4, 0.5) is 13.2 Å². The van der Waals surface area contributed by atoms with Gasteiger partial charge in [-0.2, -0.15) is 13.2 Å². The molecule has 0 spiro atoms. The first-order valence-electron chi connectivity index (χ1n) is 6.91. The Hall–Kier alpha value is -1.95. The van der Waals surface area contributed by atoms with Gasteiger partial charge in [-0.25, -0.2) is 4.98 Å². The molecule has 0 saturated carbocycles. The van der Waals surface area contributed by atoms with Crippen molar-refractivity contribution in [3.05, 3.63) is 57.6 Å². The quantitative estimate of drug-likeness (QED) is 0.746. The van der Waals surface area contributed by atoms with Crippen molar-refractivity contribution in [2.75, 3.05) is 0 Å².